The number of hydrogen-bond acceptors (Lipinski definition) is 2. The summed E-state index contributed by atoms with van der Waals surface area (Å²) in [5.74, 6) is 0.987. The third-order valence-electron chi connectivity index (χ3n) is 4.36. The van der Waals surface area contributed by atoms with Crippen molar-refractivity contribution >= 4 is 17.7 Å². The standard InChI is InChI=1S/C19H28FNOS/c1-2-3-4-5-6-7-8-9-18(22)21-14-15-23-19(21)16-10-12-17(20)13-11-16/h10-13,19H,2-9,14-15H2,1H3. The van der Waals surface area contributed by atoms with Gasteiger partial charge < -0.3 is 4.90 Å². The molecule has 0 spiro atoms. The lowest BCUT2D eigenvalue weighted by atomic mass is 10.1. The molecule has 1 atom stereocenters. The molecule has 1 aliphatic rings. The summed E-state index contributed by atoms with van der Waals surface area (Å²) in [5.41, 5.74) is 1.03. The van der Waals surface area contributed by atoms with Crippen LogP contribution in [0.4, 0.5) is 4.39 Å². The number of carbonyl (C=O) groups is 1. The minimum atomic E-state index is -0.224. The second-order valence-electron chi connectivity index (χ2n) is 6.23. The van der Waals surface area contributed by atoms with Crippen molar-refractivity contribution in [2.75, 3.05) is 12.3 Å². The molecule has 128 valence electrons. The highest BCUT2D eigenvalue weighted by Crippen LogP contribution is 2.38. The molecule has 1 aromatic rings. The van der Waals surface area contributed by atoms with Crippen LogP contribution < -0.4 is 0 Å². The van der Waals surface area contributed by atoms with E-state index in [1.165, 1.54) is 44.2 Å². The molecule has 0 radical (unpaired) electrons. The van der Waals surface area contributed by atoms with Crippen LogP contribution in [0.3, 0.4) is 0 Å². The minimum Gasteiger partial charge on any atom is -0.326 e. The van der Waals surface area contributed by atoms with Gasteiger partial charge in [-0.2, -0.15) is 0 Å². The molecular formula is C19H28FNOS. The van der Waals surface area contributed by atoms with E-state index in [-0.39, 0.29) is 17.1 Å². The highest BCUT2D eigenvalue weighted by atomic mass is 32.2. The minimum absolute atomic E-state index is 0.0626. The van der Waals surface area contributed by atoms with E-state index >= 15 is 0 Å². The van der Waals surface area contributed by atoms with Crippen LogP contribution in [0.15, 0.2) is 24.3 Å². The van der Waals surface area contributed by atoms with Gasteiger partial charge in [-0.15, -0.1) is 11.8 Å². The lowest BCUT2D eigenvalue weighted by molar-refractivity contribution is -0.131. The zero-order valence-electron chi connectivity index (χ0n) is 14.1. The molecule has 1 saturated heterocycles. The Bertz CT molecular complexity index is 477. The van der Waals surface area contributed by atoms with Gasteiger partial charge in [0.2, 0.25) is 5.91 Å². The predicted molar refractivity (Wildman–Crippen MR) is 95.9 cm³/mol. The van der Waals surface area contributed by atoms with Crippen molar-refractivity contribution < 1.29 is 9.18 Å². The van der Waals surface area contributed by atoms with E-state index < -0.39 is 0 Å². The van der Waals surface area contributed by atoms with Gasteiger partial charge in [-0.05, 0) is 24.1 Å². The Balaban J connectivity index is 1.74. The molecule has 1 aromatic carbocycles. The average Bonchev–Trinajstić information content (AvgIpc) is 3.04. The highest BCUT2D eigenvalue weighted by Gasteiger charge is 2.29. The Kier molecular flexibility index (Phi) is 7.93. The van der Waals surface area contributed by atoms with Crippen LogP contribution in [0.1, 0.15) is 69.2 Å². The third kappa shape index (κ3) is 5.83. The molecule has 4 heteroatoms. The highest BCUT2D eigenvalue weighted by molar-refractivity contribution is 7.99. The van der Waals surface area contributed by atoms with Crippen LogP contribution >= 0.6 is 11.8 Å². The molecule has 1 fully saturated rings. The zero-order valence-corrected chi connectivity index (χ0v) is 14.9. The molecular weight excluding hydrogens is 309 g/mol. The van der Waals surface area contributed by atoms with Gasteiger partial charge in [-0.1, -0.05) is 57.6 Å². The number of amides is 1. The predicted octanol–water partition coefficient (Wildman–Crippen LogP) is 5.54. The van der Waals surface area contributed by atoms with Crippen molar-refractivity contribution in [2.45, 2.75) is 63.7 Å². The maximum Gasteiger partial charge on any atom is 0.223 e. The van der Waals surface area contributed by atoms with Crippen molar-refractivity contribution in [2.24, 2.45) is 0 Å². The van der Waals surface area contributed by atoms with Gasteiger partial charge in [0.1, 0.15) is 11.2 Å². The molecule has 2 rings (SSSR count). The normalized spacial score (nSPS) is 17.7. The smallest absolute Gasteiger partial charge is 0.223 e. The van der Waals surface area contributed by atoms with E-state index in [0.717, 1.165) is 30.7 Å². The molecule has 0 aromatic heterocycles. The molecule has 0 aliphatic carbocycles. The third-order valence-corrected chi connectivity index (χ3v) is 5.62. The van der Waals surface area contributed by atoms with Crippen molar-refractivity contribution in [1.82, 2.24) is 4.90 Å². The Morgan fingerprint density at radius 3 is 2.48 bits per heavy atom. The van der Waals surface area contributed by atoms with Crippen molar-refractivity contribution in [3.8, 4) is 0 Å². The summed E-state index contributed by atoms with van der Waals surface area (Å²) < 4.78 is 13.1. The Morgan fingerprint density at radius 1 is 1.13 bits per heavy atom. The second-order valence-corrected chi connectivity index (χ2v) is 7.42. The number of rotatable bonds is 9. The SMILES string of the molecule is CCCCCCCCCC(=O)N1CCSC1c1ccc(F)cc1. The first kappa shape index (κ1) is 18.3. The molecule has 1 heterocycles. The molecule has 1 amide bonds. The van der Waals surface area contributed by atoms with Crippen molar-refractivity contribution in [3.05, 3.63) is 35.6 Å². The number of nitrogens with zero attached hydrogens (tertiary/aromatic N) is 1. The number of hydrogen-bond donors (Lipinski definition) is 0. The number of thioether (sulfide) groups is 1. The largest absolute Gasteiger partial charge is 0.326 e. The van der Waals surface area contributed by atoms with E-state index in [9.17, 15) is 9.18 Å². The van der Waals surface area contributed by atoms with Gasteiger partial charge in [-0.3, -0.25) is 4.79 Å². The van der Waals surface area contributed by atoms with Crippen LogP contribution in [-0.2, 0) is 4.79 Å². The van der Waals surface area contributed by atoms with Gasteiger partial charge in [-0.25, -0.2) is 4.39 Å². The molecule has 1 unspecified atom stereocenters. The van der Waals surface area contributed by atoms with Crippen molar-refractivity contribution in [3.63, 3.8) is 0 Å². The maximum atomic E-state index is 13.1. The number of benzene rings is 1. The molecule has 0 N–H and O–H groups in total. The quantitative estimate of drug-likeness (QED) is 0.551. The molecule has 23 heavy (non-hydrogen) atoms. The summed E-state index contributed by atoms with van der Waals surface area (Å²) in [7, 11) is 0. The van der Waals surface area contributed by atoms with E-state index in [2.05, 4.69) is 6.92 Å². The van der Waals surface area contributed by atoms with E-state index in [0.29, 0.717) is 6.42 Å². The lowest BCUT2D eigenvalue weighted by Crippen LogP contribution is -2.30. The van der Waals surface area contributed by atoms with Crippen LogP contribution in [0, 0.1) is 5.82 Å². The van der Waals surface area contributed by atoms with Gasteiger partial charge in [0.15, 0.2) is 0 Å². The van der Waals surface area contributed by atoms with Crippen LogP contribution in [0.25, 0.3) is 0 Å². The molecule has 0 bridgehead atoms. The fourth-order valence-corrected chi connectivity index (χ4v) is 4.28. The van der Waals surface area contributed by atoms with Crippen LogP contribution in [0.5, 0.6) is 0 Å². The van der Waals surface area contributed by atoms with Gasteiger partial charge in [0, 0.05) is 18.7 Å². The first-order chi connectivity index (χ1) is 11.2. The Morgan fingerprint density at radius 2 is 1.78 bits per heavy atom. The molecule has 2 nitrogen and oxygen atoms in total. The fraction of sp³-hybridized carbons (Fsp3) is 0.632. The maximum absolute atomic E-state index is 13.1. The van der Waals surface area contributed by atoms with Gasteiger partial charge >= 0.3 is 0 Å². The van der Waals surface area contributed by atoms with Gasteiger partial charge in [0.25, 0.3) is 0 Å². The van der Waals surface area contributed by atoms with Gasteiger partial charge in [0.05, 0.1) is 0 Å². The number of unbranched alkanes of at least 4 members (excludes halogenated alkanes) is 6. The summed E-state index contributed by atoms with van der Waals surface area (Å²) >= 11 is 1.77. The summed E-state index contributed by atoms with van der Waals surface area (Å²) in [6.07, 6.45) is 9.23. The average molecular weight is 338 g/mol. The van der Waals surface area contributed by atoms with Crippen molar-refractivity contribution in [1.29, 1.82) is 0 Å². The van der Waals surface area contributed by atoms with Crippen LogP contribution in [0.2, 0.25) is 0 Å². The molecule has 0 saturated carbocycles. The summed E-state index contributed by atoms with van der Waals surface area (Å²) in [6.45, 7) is 3.03. The second kappa shape index (κ2) is 9.96. The number of carbonyl (C=O) groups excluding carboxylic acids is 1. The van der Waals surface area contributed by atoms with E-state index in [4.69, 9.17) is 0 Å². The first-order valence-corrected chi connectivity index (χ1v) is 9.93. The fourth-order valence-electron chi connectivity index (χ4n) is 3.01. The lowest BCUT2D eigenvalue weighted by Gasteiger charge is -2.24. The molecule has 1 aliphatic heterocycles. The first-order valence-electron chi connectivity index (χ1n) is 8.89. The summed E-state index contributed by atoms with van der Waals surface area (Å²) in [5, 5.41) is 0.0626. The summed E-state index contributed by atoms with van der Waals surface area (Å²) in [6, 6.07) is 6.55. The van der Waals surface area contributed by atoms with Crippen LogP contribution in [-0.4, -0.2) is 23.1 Å². The number of halogens is 1. The Hall–Kier alpha value is -1.03. The summed E-state index contributed by atoms with van der Waals surface area (Å²) in [4.78, 5) is 14.4. The topological polar surface area (TPSA) is 20.3 Å². The Labute approximate surface area is 143 Å². The zero-order chi connectivity index (χ0) is 16.5. The monoisotopic (exact) mass is 337 g/mol. The van der Waals surface area contributed by atoms with E-state index in [1.54, 1.807) is 23.9 Å². The van der Waals surface area contributed by atoms with E-state index in [1.807, 2.05) is 4.90 Å².